The molecule has 0 unspecified atom stereocenters. The Bertz CT molecular complexity index is 1570. The average molecular weight is 435 g/mol. The first-order valence-electron chi connectivity index (χ1n) is 11.4. The highest BCUT2D eigenvalue weighted by Gasteiger charge is 2.11. The second kappa shape index (κ2) is 8.76. The fourth-order valence-corrected chi connectivity index (χ4v) is 4.27. The van der Waals surface area contributed by atoms with Gasteiger partial charge in [-0.3, -0.25) is 0 Å². The Balaban J connectivity index is 1.47. The molecule has 0 saturated heterocycles. The van der Waals surface area contributed by atoms with Crippen molar-refractivity contribution in [3.8, 4) is 45.0 Å². The normalized spacial score (nSPS) is 10.9. The van der Waals surface area contributed by atoms with Gasteiger partial charge in [0.1, 0.15) is 0 Å². The van der Waals surface area contributed by atoms with Crippen LogP contribution in [0.25, 0.3) is 55.8 Å². The predicted molar refractivity (Wildman–Crippen MR) is 141 cm³/mol. The van der Waals surface area contributed by atoms with Crippen molar-refractivity contribution in [2.45, 2.75) is 0 Å². The van der Waals surface area contributed by atoms with Gasteiger partial charge in [-0.2, -0.15) is 0 Å². The molecular weight excluding hydrogens is 412 g/mol. The Kier molecular flexibility index (Phi) is 5.17. The summed E-state index contributed by atoms with van der Waals surface area (Å²) >= 11 is 0. The Morgan fingerprint density at radius 3 is 1.47 bits per heavy atom. The molecule has 34 heavy (non-hydrogen) atoms. The third-order valence-electron chi connectivity index (χ3n) is 6.09. The van der Waals surface area contributed by atoms with Crippen LogP contribution in [0.15, 0.2) is 133 Å². The minimum Gasteiger partial charge on any atom is -0.228 e. The van der Waals surface area contributed by atoms with Crippen LogP contribution in [0.5, 0.6) is 0 Å². The average Bonchev–Trinajstić information content (AvgIpc) is 2.93. The molecule has 0 radical (unpaired) electrons. The van der Waals surface area contributed by atoms with Crippen LogP contribution < -0.4 is 0 Å². The van der Waals surface area contributed by atoms with Gasteiger partial charge in [-0.05, 0) is 34.0 Å². The van der Waals surface area contributed by atoms with E-state index in [9.17, 15) is 0 Å². The molecule has 2 nitrogen and oxygen atoms in total. The van der Waals surface area contributed by atoms with Gasteiger partial charge in [0.15, 0.2) is 5.82 Å². The van der Waals surface area contributed by atoms with E-state index < -0.39 is 0 Å². The highest BCUT2D eigenvalue weighted by atomic mass is 14.9. The van der Waals surface area contributed by atoms with E-state index in [1.807, 2.05) is 24.3 Å². The van der Waals surface area contributed by atoms with Gasteiger partial charge in [0.25, 0.3) is 0 Å². The van der Waals surface area contributed by atoms with Crippen molar-refractivity contribution in [2.24, 2.45) is 0 Å². The molecule has 0 bridgehead atoms. The van der Waals surface area contributed by atoms with Crippen molar-refractivity contribution in [2.75, 3.05) is 0 Å². The number of aromatic nitrogens is 2. The van der Waals surface area contributed by atoms with E-state index in [1.165, 1.54) is 21.9 Å². The van der Waals surface area contributed by atoms with Gasteiger partial charge >= 0.3 is 0 Å². The molecule has 0 N–H and O–H groups in total. The summed E-state index contributed by atoms with van der Waals surface area (Å²) < 4.78 is 0. The maximum absolute atomic E-state index is 5.00. The van der Waals surface area contributed by atoms with Gasteiger partial charge in [-0.1, -0.05) is 121 Å². The maximum atomic E-state index is 5.00. The van der Waals surface area contributed by atoms with Crippen molar-refractivity contribution in [3.63, 3.8) is 0 Å². The third kappa shape index (κ3) is 3.98. The standard InChI is InChI=1S/C32H22N2/c1-3-9-23(10-4-1)25-15-18-27(19-16-25)31-22-30(26-12-5-2-6-13-26)33-32(34-31)29-20-17-24-11-7-8-14-28(24)21-29/h1-22H. The fraction of sp³-hybridized carbons (Fsp3) is 0. The number of hydrogen-bond acceptors (Lipinski definition) is 2. The monoisotopic (exact) mass is 434 g/mol. The molecule has 2 heteroatoms. The molecule has 1 aromatic heterocycles. The molecule has 0 amide bonds. The van der Waals surface area contributed by atoms with Crippen molar-refractivity contribution in [3.05, 3.63) is 133 Å². The molecule has 6 rings (SSSR count). The lowest BCUT2D eigenvalue weighted by Gasteiger charge is -2.10. The summed E-state index contributed by atoms with van der Waals surface area (Å²) in [5.74, 6) is 0.731. The maximum Gasteiger partial charge on any atom is 0.160 e. The molecule has 1 heterocycles. The lowest BCUT2D eigenvalue weighted by atomic mass is 10.0. The Morgan fingerprint density at radius 2 is 0.794 bits per heavy atom. The molecular formula is C32H22N2. The molecule has 0 fully saturated rings. The van der Waals surface area contributed by atoms with Crippen molar-refractivity contribution in [1.82, 2.24) is 9.97 Å². The Morgan fingerprint density at radius 1 is 0.324 bits per heavy atom. The zero-order valence-electron chi connectivity index (χ0n) is 18.6. The predicted octanol–water partition coefficient (Wildman–Crippen LogP) is 8.30. The molecule has 6 aromatic rings. The van der Waals surface area contributed by atoms with E-state index in [-0.39, 0.29) is 0 Å². The number of fused-ring (bicyclic) bond motifs is 1. The van der Waals surface area contributed by atoms with Gasteiger partial charge in [0.05, 0.1) is 11.4 Å². The minimum absolute atomic E-state index is 0.731. The van der Waals surface area contributed by atoms with E-state index >= 15 is 0 Å². The lowest BCUT2D eigenvalue weighted by Crippen LogP contribution is -1.96. The van der Waals surface area contributed by atoms with Gasteiger partial charge in [0, 0.05) is 16.7 Å². The second-order valence-corrected chi connectivity index (χ2v) is 8.33. The summed E-state index contributed by atoms with van der Waals surface area (Å²) in [6.07, 6.45) is 0. The Labute approximate surface area is 199 Å². The highest BCUT2D eigenvalue weighted by molar-refractivity contribution is 5.87. The van der Waals surface area contributed by atoms with Gasteiger partial charge < -0.3 is 0 Å². The zero-order valence-corrected chi connectivity index (χ0v) is 18.6. The SMILES string of the molecule is c1ccc(-c2ccc(-c3cc(-c4ccccc4)nc(-c4ccc5ccccc5c4)n3)cc2)cc1. The smallest absolute Gasteiger partial charge is 0.160 e. The third-order valence-corrected chi connectivity index (χ3v) is 6.09. The van der Waals surface area contributed by atoms with Crippen molar-refractivity contribution < 1.29 is 0 Å². The topological polar surface area (TPSA) is 25.8 Å². The molecule has 0 aliphatic rings. The van der Waals surface area contributed by atoms with Crippen LogP contribution in [0, 0.1) is 0 Å². The zero-order chi connectivity index (χ0) is 22.7. The molecule has 160 valence electrons. The van der Waals surface area contributed by atoms with E-state index in [2.05, 4.69) is 109 Å². The molecule has 0 aliphatic carbocycles. The van der Waals surface area contributed by atoms with Crippen LogP contribution >= 0.6 is 0 Å². The first-order valence-corrected chi connectivity index (χ1v) is 11.4. The summed E-state index contributed by atoms with van der Waals surface area (Å²) in [5.41, 5.74) is 7.39. The molecule has 0 aliphatic heterocycles. The first-order chi connectivity index (χ1) is 16.8. The van der Waals surface area contributed by atoms with E-state index in [1.54, 1.807) is 0 Å². The second-order valence-electron chi connectivity index (χ2n) is 8.33. The van der Waals surface area contributed by atoms with Crippen molar-refractivity contribution >= 4 is 10.8 Å². The number of hydrogen-bond donors (Lipinski definition) is 0. The lowest BCUT2D eigenvalue weighted by molar-refractivity contribution is 1.18. The molecule has 0 saturated carbocycles. The largest absolute Gasteiger partial charge is 0.228 e. The Hall–Kier alpha value is -4.56. The molecule has 0 atom stereocenters. The van der Waals surface area contributed by atoms with E-state index in [0.717, 1.165) is 33.9 Å². The number of benzene rings is 5. The summed E-state index contributed by atoms with van der Waals surface area (Å²) in [5, 5.41) is 2.39. The summed E-state index contributed by atoms with van der Waals surface area (Å²) in [7, 11) is 0. The summed E-state index contributed by atoms with van der Waals surface area (Å²) in [4.78, 5) is 9.96. The van der Waals surface area contributed by atoms with Gasteiger partial charge in [0.2, 0.25) is 0 Å². The van der Waals surface area contributed by atoms with Crippen LogP contribution in [0.1, 0.15) is 0 Å². The quantitative estimate of drug-likeness (QED) is 0.279. The minimum atomic E-state index is 0.731. The van der Waals surface area contributed by atoms with Crippen LogP contribution in [-0.4, -0.2) is 9.97 Å². The van der Waals surface area contributed by atoms with Crippen LogP contribution in [0.4, 0.5) is 0 Å². The molecule has 5 aromatic carbocycles. The summed E-state index contributed by atoms with van der Waals surface area (Å²) in [6, 6.07) is 46.2. The van der Waals surface area contributed by atoms with Gasteiger partial charge in [-0.25, -0.2) is 9.97 Å². The van der Waals surface area contributed by atoms with Crippen LogP contribution in [-0.2, 0) is 0 Å². The van der Waals surface area contributed by atoms with E-state index in [0.29, 0.717) is 0 Å². The van der Waals surface area contributed by atoms with Crippen LogP contribution in [0.2, 0.25) is 0 Å². The highest BCUT2D eigenvalue weighted by Crippen LogP contribution is 2.30. The van der Waals surface area contributed by atoms with Gasteiger partial charge in [-0.15, -0.1) is 0 Å². The fourth-order valence-electron chi connectivity index (χ4n) is 4.27. The molecule has 0 spiro atoms. The van der Waals surface area contributed by atoms with Crippen LogP contribution in [0.3, 0.4) is 0 Å². The van der Waals surface area contributed by atoms with E-state index in [4.69, 9.17) is 9.97 Å². The summed E-state index contributed by atoms with van der Waals surface area (Å²) in [6.45, 7) is 0. The van der Waals surface area contributed by atoms with Crippen molar-refractivity contribution in [1.29, 1.82) is 0 Å². The number of nitrogens with zero attached hydrogens (tertiary/aromatic N) is 2. The first kappa shape index (κ1) is 20.1. The number of rotatable bonds is 4.